The van der Waals surface area contributed by atoms with Crippen LogP contribution < -0.4 is 10.6 Å². The average Bonchev–Trinajstić information content (AvgIpc) is 3.01. The van der Waals surface area contributed by atoms with Gasteiger partial charge < -0.3 is 10.1 Å². The largest absolute Gasteiger partial charge is 0.465 e. The molecule has 3 rings (SSSR count). The van der Waals surface area contributed by atoms with E-state index in [1.807, 2.05) is 19.9 Å². The minimum Gasteiger partial charge on any atom is -0.465 e. The molecule has 3 aromatic rings. The van der Waals surface area contributed by atoms with Crippen molar-refractivity contribution in [2.75, 3.05) is 17.7 Å². The van der Waals surface area contributed by atoms with Crippen LogP contribution in [0.2, 0.25) is 0 Å². The highest BCUT2D eigenvalue weighted by Gasteiger charge is 2.17. The summed E-state index contributed by atoms with van der Waals surface area (Å²) < 4.78 is 4.70. The zero-order valence-electron chi connectivity index (χ0n) is 15.9. The molecule has 0 saturated heterocycles. The van der Waals surface area contributed by atoms with Gasteiger partial charge in [0.15, 0.2) is 5.13 Å². The second kappa shape index (κ2) is 8.13. The van der Waals surface area contributed by atoms with E-state index < -0.39 is 5.97 Å². The Morgan fingerprint density at radius 1 is 1.00 bits per heavy atom. The number of amides is 1. The van der Waals surface area contributed by atoms with E-state index in [4.69, 9.17) is 4.74 Å². The van der Waals surface area contributed by atoms with Crippen LogP contribution in [0.5, 0.6) is 0 Å². The quantitative estimate of drug-likeness (QED) is 0.633. The number of rotatable bonds is 5. The van der Waals surface area contributed by atoms with E-state index in [1.54, 1.807) is 31.2 Å². The molecule has 1 aromatic carbocycles. The van der Waals surface area contributed by atoms with Gasteiger partial charge in [-0.05, 0) is 51.1 Å². The van der Waals surface area contributed by atoms with Gasteiger partial charge in [0.25, 0.3) is 5.91 Å². The molecule has 0 unspecified atom stereocenters. The summed E-state index contributed by atoms with van der Waals surface area (Å²) in [6.45, 7) is 5.49. The van der Waals surface area contributed by atoms with Crippen LogP contribution in [0, 0.1) is 20.8 Å². The number of carbonyl (C=O) groups excluding carboxylic acids is 2. The lowest BCUT2D eigenvalue weighted by Crippen LogP contribution is -2.11. The van der Waals surface area contributed by atoms with Crippen LogP contribution in [0.3, 0.4) is 0 Å². The highest BCUT2D eigenvalue weighted by Crippen LogP contribution is 2.24. The lowest BCUT2D eigenvalue weighted by Gasteiger charge is -2.07. The maximum Gasteiger partial charge on any atom is 0.350 e. The number of nitrogens with zero attached hydrogens (tertiary/aromatic N) is 3. The molecule has 0 aliphatic heterocycles. The van der Waals surface area contributed by atoms with Gasteiger partial charge in [-0.3, -0.25) is 10.1 Å². The molecule has 9 heteroatoms. The number of esters is 1. The molecule has 2 N–H and O–H groups in total. The summed E-state index contributed by atoms with van der Waals surface area (Å²) in [6, 6.07) is 8.79. The zero-order valence-corrected chi connectivity index (χ0v) is 16.7. The molecule has 0 spiro atoms. The maximum absolute atomic E-state index is 12.4. The minimum absolute atomic E-state index is 0.320. The number of methoxy groups -OCH3 is 1. The highest BCUT2D eigenvalue weighted by molar-refractivity contribution is 7.17. The summed E-state index contributed by atoms with van der Waals surface area (Å²) in [5.41, 5.74) is 3.48. The molecule has 0 fully saturated rings. The molecular formula is C19H19N5O3S. The van der Waals surface area contributed by atoms with E-state index in [9.17, 15) is 9.59 Å². The molecule has 0 radical (unpaired) electrons. The first-order chi connectivity index (χ1) is 13.4. The van der Waals surface area contributed by atoms with Gasteiger partial charge in [0.05, 0.1) is 12.8 Å². The number of hydrogen-bond donors (Lipinski definition) is 2. The summed E-state index contributed by atoms with van der Waals surface area (Å²) in [7, 11) is 1.30. The van der Waals surface area contributed by atoms with Crippen LogP contribution in [0.4, 0.5) is 16.8 Å². The van der Waals surface area contributed by atoms with Crippen molar-refractivity contribution in [3.8, 4) is 0 Å². The summed E-state index contributed by atoms with van der Waals surface area (Å²) in [5, 5.41) is 6.16. The Morgan fingerprint density at radius 2 is 1.64 bits per heavy atom. The first kappa shape index (κ1) is 19.4. The summed E-state index contributed by atoms with van der Waals surface area (Å²) in [5.74, 6) is -0.290. The molecule has 2 aromatic heterocycles. The highest BCUT2D eigenvalue weighted by atomic mass is 32.1. The lowest BCUT2D eigenvalue weighted by atomic mass is 10.2. The zero-order chi connectivity index (χ0) is 20.3. The summed E-state index contributed by atoms with van der Waals surface area (Å²) in [4.78, 5) is 37.3. The Morgan fingerprint density at radius 3 is 2.25 bits per heavy atom. The standard InChI is InChI=1S/C19H19N5O3S/c1-10-9-11(2)21-18(20-10)23-14-7-5-13(6-8-14)16(25)24-19-22-12(3)15(28-19)17(26)27-4/h5-9H,1-4H3,(H,20,21,23)(H,22,24,25). The van der Waals surface area contributed by atoms with Crippen LogP contribution >= 0.6 is 11.3 Å². The lowest BCUT2D eigenvalue weighted by molar-refractivity contribution is 0.0605. The van der Waals surface area contributed by atoms with E-state index in [2.05, 4.69) is 25.6 Å². The van der Waals surface area contributed by atoms with Crippen molar-refractivity contribution < 1.29 is 14.3 Å². The Bertz CT molecular complexity index is 1010. The van der Waals surface area contributed by atoms with Crippen molar-refractivity contribution in [2.24, 2.45) is 0 Å². The van der Waals surface area contributed by atoms with E-state index in [-0.39, 0.29) is 5.91 Å². The summed E-state index contributed by atoms with van der Waals surface area (Å²) >= 11 is 1.08. The van der Waals surface area contributed by atoms with E-state index >= 15 is 0 Å². The fraction of sp³-hybridized carbons (Fsp3) is 0.211. The molecule has 0 aliphatic rings. The third-order valence-electron chi connectivity index (χ3n) is 3.77. The van der Waals surface area contributed by atoms with Crippen molar-refractivity contribution in [1.82, 2.24) is 15.0 Å². The molecule has 0 atom stereocenters. The van der Waals surface area contributed by atoms with Gasteiger partial charge in [0.2, 0.25) is 5.95 Å². The van der Waals surface area contributed by atoms with E-state index in [0.29, 0.717) is 27.2 Å². The number of benzene rings is 1. The maximum atomic E-state index is 12.4. The Hall–Kier alpha value is -3.33. The number of carbonyl (C=O) groups is 2. The molecule has 1 amide bonds. The monoisotopic (exact) mass is 397 g/mol. The number of aromatic nitrogens is 3. The van der Waals surface area contributed by atoms with Crippen molar-refractivity contribution in [3.05, 3.63) is 57.9 Å². The first-order valence-electron chi connectivity index (χ1n) is 8.42. The van der Waals surface area contributed by atoms with Gasteiger partial charge in [0, 0.05) is 22.6 Å². The van der Waals surface area contributed by atoms with Gasteiger partial charge in [-0.25, -0.2) is 19.7 Å². The van der Waals surface area contributed by atoms with Crippen molar-refractivity contribution in [3.63, 3.8) is 0 Å². The predicted octanol–water partition coefficient (Wildman–Crippen LogP) is 3.64. The van der Waals surface area contributed by atoms with Crippen LogP contribution in [0.25, 0.3) is 0 Å². The SMILES string of the molecule is COC(=O)c1sc(NC(=O)c2ccc(Nc3nc(C)cc(C)n3)cc2)nc1C. The minimum atomic E-state index is -0.473. The van der Waals surface area contributed by atoms with Crippen LogP contribution in [-0.2, 0) is 4.74 Å². The molecule has 28 heavy (non-hydrogen) atoms. The van der Waals surface area contributed by atoms with E-state index in [0.717, 1.165) is 28.4 Å². The Balaban J connectivity index is 1.69. The third kappa shape index (κ3) is 4.49. The third-order valence-corrected chi connectivity index (χ3v) is 4.83. The molecule has 2 heterocycles. The average molecular weight is 397 g/mol. The van der Waals surface area contributed by atoms with Crippen LogP contribution in [0.15, 0.2) is 30.3 Å². The Kier molecular flexibility index (Phi) is 5.65. The van der Waals surface area contributed by atoms with Gasteiger partial charge in [-0.2, -0.15) is 0 Å². The van der Waals surface area contributed by atoms with Crippen molar-refractivity contribution >= 4 is 40.0 Å². The fourth-order valence-electron chi connectivity index (χ4n) is 2.52. The van der Waals surface area contributed by atoms with Gasteiger partial charge in [-0.15, -0.1) is 0 Å². The Labute approximate surface area is 166 Å². The van der Waals surface area contributed by atoms with Crippen molar-refractivity contribution in [1.29, 1.82) is 0 Å². The predicted molar refractivity (Wildman–Crippen MR) is 107 cm³/mol. The summed E-state index contributed by atoms with van der Waals surface area (Å²) in [6.07, 6.45) is 0. The number of hydrogen-bond acceptors (Lipinski definition) is 8. The molecule has 0 bridgehead atoms. The topological polar surface area (TPSA) is 106 Å². The second-order valence-corrected chi connectivity index (χ2v) is 7.05. The number of nitrogens with one attached hydrogen (secondary N) is 2. The van der Waals surface area contributed by atoms with Crippen molar-refractivity contribution in [2.45, 2.75) is 20.8 Å². The van der Waals surface area contributed by atoms with Crippen LogP contribution in [0.1, 0.15) is 37.1 Å². The van der Waals surface area contributed by atoms with Crippen LogP contribution in [-0.4, -0.2) is 33.9 Å². The molecule has 0 aliphatic carbocycles. The smallest absolute Gasteiger partial charge is 0.350 e. The van der Waals surface area contributed by atoms with Gasteiger partial charge in [-0.1, -0.05) is 11.3 Å². The van der Waals surface area contributed by atoms with E-state index in [1.165, 1.54) is 7.11 Å². The second-order valence-electron chi connectivity index (χ2n) is 6.06. The number of thiazole rings is 1. The number of ether oxygens (including phenoxy) is 1. The first-order valence-corrected chi connectivity index (χ1v) is 9.24. The normalized spacial score (nSPS) is 10.4. The molecule has 8 nitrogen and oxygen atoms in total. The molecular weight excluding hydrogens is 378 g/mol. The van der Waals surface area contributed by atoms with Gasteiger partial charge in [0.1, 0.15) is 4.88 Å². The van der Waals surface area contributed by atoms with Gasteiger partial charge >= 0.3 is 5.97 Å². The molecule has 0 saturated carbocycles. The molecule has 144 valence electrons. The number of aryl methyl sites for hydroxylation is 3. The fourth-order valence-corrected chi connectivity index (χ4v) is 3.40. The number of anilines is 3.